The van der Waals surface area contributed by atoms with Crippen LogP contribution in [0.1, 0.15) is 17.3 Å². The predicted octanol–water partition coefficient (Wildman–Crippen LogP) is 1.34. The van der Waals surface area contributed by atoms with Crippen molar-refractivity contribution in [3.05, 3.63) is 28.8 Å². The van der Waals surface area contributed by atoms with Crippen molar-refractivity contribution < 1.29 is 27.9 Å². The van der Waals surface area contributed by atoms with Gasteiger partial charge in [0.15, 0.2) is 5.75 Å². The molecule has 20 heavy (non-hydrogen) atoms. The lowest BCUT2D eigenvalue weighted by atomic mass is 10.2. The molecule has 0 amide bonds. The van der Waals surface area contributed by atoms with E-state index in [1.807, 2.05) is 4.72 Å². The number of hydrogen-bond donors (Lipinski definition) is 2. The maximum atomic E-state index is 11.7. The van der Waals surface area contributed by atoms with Gasteiger partial charge in [-0.2, -0.15) is 0 Å². The minimum Gasteiger partial charge on any atom is -0.478 e. The number of nitrogens with one attached hydrogen (secondary N) is 1. The number of carbonyl (C=O) groups is 2. The smallest absolute Gasteiger partial charge is 0.337 e. The molecule has 7 nitrogen and oxygen atoms in total. The second-order valence-corrected chi connectivity index (χ2v) is 5.82. The van der Waals surface area contributed by atoms with Crippen molar-refractivity contribution in [2.45, 2.75) is 6.92 Å². The summed E-state index contributed by atoms with van der Waals surface area (Å²) in [6.45, 7) is 1.59. The van der Waals surface area contributed by atoms with Gasteiger partial charge in [0.05, 0.1) is 17.9 Å². The van der Waals surface area contributed by atoms with Crippen LogP contribution in [0.4, 0.5) is 5.69 Å². The number of ether oxygens (including phenoxy) is 1. The third-order valence-electron chi connectivity index (χ3n) is 2.09. The SMILES string of the molecule is CCOC(=O)CS(=O)(=O)Nc1ccc(Cl)cc1C(=O)O. The van der Waals surface area contributed by atoms with E-state index in [4.69, 9.17) is 16.7 Å². The van der Waals surface area contributed by atoms with Gasteiger partial charge in [0, 0.05) is 5.02 Å². The Kier molecular flexibility index (Phi) is 5.34. The lowest BCUT2D eigenvalue weighted by molar-refractivity contribution is -0.139. The Morgan fingerprint density at radius 2 is 2.05 bits per heavy atom. The van der Waals surface area contributed by atoms with Crippen LogP contribution in [0.25, 0.3) is 0 Å². The quantitative estimate of drug-likeness (QED) is 0.765. The Bertz CT molecular complexity index is 628. The third kappa shape index (κ3) is 4.71. The molecule has 0 heterocycles. The van der Waals surface area contributed by atoms with Gasteiger partial charge in [-0.3, -0.25) is 9.52 Å². The fourth-order valence-corrected chi connectivity index (χ4v) is 2.49. The van der Waals surface area contributed by atoms with Crippen molar-refractivity contribution in [3.63, 3.8) is 0 Å². The molecule has 0 fully saturated rings. The van der Waals surface area contributed by atoms with Crippen LogP contribution >= 0.6 is 11.6 Å². The number of carbonyl (C=O) groups excluding carboxylic acids is 1. The first-order valence-corrected chi connectivity index (χ1v) is 7.47. The van der Waals surface area contributed by atoms with Crippen LogP contribution in [0.3, 0.4) is 0 Å². The van der Waals surface area contributed by atoms with E-state index in [-0.39, 0.29) is 22.9 Å². The zero-order valence-electron chi connectivity index (χ0n) is 10.4. The zero-order valence-corrected chi connectivity index (χ0v) is 12.0. The van der Waals surface area contributed by atoms with Crippen molar-refractivity contribution in [1.82, 2.24) is 0 Å². The summed E-state index contributed by atoms with van der Waals surface area (Å²) in [6, 6.07) is 3.64. The minimum absolute atomic E-state index is 0.0513. The number of halogens is 1. The van der Waals surface area contributed by atoms with Gasteiger partial charge in [0.25, 0.3) is 0 Å². The van der Waals surface area contributed by atoms with E-state index < -0.39 is 27.7 Å². The summed E-state index contributed by atoms with van der Waals surface area (Å²) in [5.74, 6) is -3.17. The molecule has 0 atom stereocenters. The summed E-state index contributed by atoms with van der Waals surface area (Å²) >= 11 is 5.64. The number of anilines is 1. The van der Waals surface area contributed by atoms with E-state index in [9.17, 15) is 18.0 Å². The topological polar surface area (TPSA) is 110 Å². The Balaban J connectivity index is 2.98. The summed E-state index contributed by atoms with van der Waals surface area (Å²) in [5.41, 5.74) is -0.490. The lowest BCUT2D eigenvalue weighted by Gasteiger charge is -2.10. The Morgan fingerprint density at radius 3 is 2.60 bits per heavy atom. The summed E-state index contributed by atoms with van der Waals surface area (Å²) < 4.78 is 29.9. The molecular formula is C11H12ClNO6S. The number of sulfonamides is 1. The van der Waals surface area contributed by atoms with Crippen molar-refractivity contribution >= 4 is 39.3 Å². The molecule has 1 aromatic rings. The first kappa shape index (κ1) is 16.3. The van der Waals surface area contributed by atoms with E-state index >= 15 is 0 Å². The fraction of sp³-hybridized carbons (Fsp3) is 0.273. The van der Waals surface area contributed by atoms with Crippen molar-refractivity contribution in [2.75, 3.05) is 17.1 Å². The predicted molar refractivity (Wildman–Crippen MR) is 72.5 cm³/mol. The lowest BCUT2D eigenvalue weighted by Crippen LogP contribution is -2.25. The summed E-state index contributed by atoms with van der Waals surface area (Å²) in [7, 11) is -4.06. The molecule has 0 saturated carbocycles. The Hall–Kier alpha value is -1.80. The molecule has 0 aliphatic rings. The normalized spacial score (nSPS) is 10.9. The van der Waals surface area contributed by atoms with E-state index in [0.29, 0.717) is 0 Å². The number of benzene rings is 1. The molecule has 0 saturated heterocycles. The third-order valence-corrected chi connectivity index (χ3v) is 3.47. The largest absolute Gasteiger partial charge is 0.478 e. The van der Waals surface area contributed by atoms with Gasteiger partial charge in [0.1, 0.15) is 0 Å². The molecule has 2 N–H and O–H groups in total. The second kappa shape index (κ2) is 6.58. The van der Waals surface area contributed by atoms with E-state index in [2.05, 4.69) is 4.74 Å². The van der Waals surface area contributed by atoms with Crippen molar-refractivity contribution in [1.29, 1.82) is 0 Å². The molecule has 0 spiro atoms. The van der Waals surface area contributed by atoms with Crippen LogP contribution in [-0.4, -0.2) is 37.8 Å². The Morgan fingerprint density at radius 1 is 1.40 bits per heavy atom. The van der Waals surface area contributed by atoms with Gasteiger partial charge in [-0.25, -0.2) is 13.2 Å². The average Bonchev–Trinajstić information content (AvgIpc) is 2.30. The van der Waals surface area contributed by atoms with Crippen LogP contribution in [-0.2, 0) is 19.6 Å². The summed E-state index contributed by atoms with van der Waals surface area (Å²) in [4.78, 5) is 22.1. The van der Waals surface area contributed by atoms with Crippen LogP contribution in [0.2, 0.25) is 5.02 Å². The number of carboxylic acids is 1. The maximum Gasteiger partial charge on any atom is 0.337 e. The monoisotopic (exact) mass is 321 g/mol. The van der Waals surface area contributed by atoms with Gasteiger partial charge in [-0.1, -0.05) is 11.6 Å². The zero-order chi connectivity index (χ0) is 15.3. The van der Waals surface area contributed by atoms with Crippen molar-refractivity contribution in [3.8, 4) is 0 Å². The number of hydrogen-bond acceptors (Lipinski definition) is 5. The van der Waals surface area contributed by atoms with Crippen LogP contribution < -0.4 is 4.72 Å². The molecule has 0 bridgehead atoms. The maximum absolute atomic E-state index is 11.7. The highest BCUT2D eigenvalue weighted by molar-refractivity contribution is 7.93. The Labute approximate surface area is 120 Å². The van der Waals surface area contributed by atoms with E-state index in [1.54, 1.807) is 6.92 Å². The highest BCUT2D eigenvalue weighted by Crippen LogP contribution is 2.21. The number of aromatic carboxylic acids is 1. The van der Waals surface area contributed by atoms with Crippen molar-refractivity contribution in [2.24, 2.45) is 0 Å². The molecule has 0 aromatic heterocycles. The minimum atomic E-state index is -4.06. The summed E-state index contributed by atoms with van der Waals surface area (Å²) in [5, 5.41) is 9.12. The van der Waals surface area contributed by atoms with Crippen LogP contribution in [0.15, 0.2) is 18.2 Å². The second-order valence-electron chi connectivity index (χ2n) is 3.66. The first-order chi connectivity index (χ1) is 9.25. The highest BCUT2D eigenvalue weighted by atomic mass is 35.5. The molecular weight excluding hydrogens is 310 g/mol. The number of carboxylic acid groups (broad SMARTS) is 1. The molecule has 0 radical (unpaired) electrons. The fourth-order valence-electron chi connectivity index (χ4n) is 1.34. The average molecular weight is 322 g/mol. The molecule has 110 valence electrons. The number of esters is 1. The first-order valence-electron chi connectivity index (χ1n) is 5.44. The van der Waals surface area contributed by atoms with Crippen LogP contribution in [0.5, 0.6) is 0 Å². The highest BCUT2D eigenvalue weighted by Gasteiger charge is 2.20. The van der Waals surface area contributed by atoms with Gasteiger partial charge < -0.3 is 9.84 Å². The molecule has 1 aromatic carbocycles. The van der Waals surface area contributed by atoms with E-state index in [1.165, 1.54) is 12.1 Å². The summed E-state index contributed by atoms with van der Waals surface area (Å²) in [6.07, 6.45) is 0. The molecule has 9 heteroatoms. The van der Waals surface area contributed by atoms with E-state index in [0.717, 1.165) is 6.07 Å². The number of rotatable bonds is 6. The van der Waals surface area contributed by atoms with Gasteiger partial charge in [0.2, 0.25) is 10.0 Å². The standard InChI is InChI=1S/C11H12ClNO6S/c1-2-19-10(14)6-20(17,18)13-9-4-3-7(12)5-8(9)11(15)16/h3-5,13H,2,6H2,1H3,(H,15,16). The van der Waals surface area contributed by atoms with Crippen LogP contribution in [0, 0.1) is 0 Å². The molecule has 0 aliphatic carbocycles. The van der Waals surface area contributed by atoms with Gasteiger partial charge in [-0.05, 0) is 25.1 Å². The van der Waals surface area contributed by atoms with Gasteiger partial charge in [-0.15, -0.1) is 0 Å². The molecule has 1 rings (SSSR count). The molecule has 0 unspecified atom stereocenters. The van der Waals surface area contributed by atoms with Gasteiger partial charge >= 0.3 is 11.9 Å². The molecule has 0 aliphatic heterocycles.